The van der Waals surface area contributed by atoms with Gasteiger partial charge in [0.05, 0.1) is 6.61 Å². The van der Waals surface area contributed by atoms with Crippen LogP contribution in [0.2, 0.25) is 0 Å². The maximum atomic E-state index is 12.9. The summed E-state index contributed by atoms with van der Waals surface area (Å²) in [4.78, 5) is 40.0. The Hall–Kier alpha value is -1.93. The van der Waals surface area contributed by atoms with Gasteiger partial charge in [0, 0.05) is 43.9 Å². The topological polar surface area (TPSA) is 97.0 Å². The first-order valence-corrected chi connectivity index (χ1v) is 17.4. The lowest BCUT2D eigenvalue weighted by Crippen LogP contribution is -2.56. The van der Waals surface area contributed by atoms with Crippen LogP contribution in [0.1, 0.15) is 144 Å². The number of likely N-dealkylation sites (tertiary alicyclic amines) is 1. The van der Waals surface area contributed by atoms with Crippen molar-refractivity contribution in [2.45, 2.75) is 162 Å². The van der Waals surface area contributed by atoms with Gasteiger partial charge in [-0.15, -0.1) is 0 Å². The maximum Gasteiger partial charge on any atom is 0.249 e. The number of carbonyl (C=O) groups excluding carboxylic acids is 3. The fraction of sp³-hybridized carbons (Fsp3) is 0.857. The average molecular weight is 606 g/mol. The third-order valence-corrected chi connectivity index (χ3v) is 8.58. The van der Waals surface area contributed by atoms with Crippen molar-refractivity contribution in [3.63, 3.8) is 0 Å². The Balaban J connectivity index is 1.52. The Kier molecular flexibility index (Phi) is 17.5. The minimum absolute atomic E-state index is 0.00147. The van der Waals surface area contributed by atoms with Gasteiger partial charge < -0.3 is 25.0 Å². The van der Waals surface area contributed by atoms with Gasteiger partial charge in [-0.25, -0.2) is 0 Å². The van der Waals surface area contributed by atoms with Crippen LogP contribution in [0.25, 0.3) is 0 Å². The molecule has 0 aliphatic carbocycles. The molecule has 0 saturated carbocycles. The highest BCUT2D eigenvalue weighted by atomic mass is 16.7. The highest BCUT2D eigenvalue weighted by Crippen LogP contribution is 2.34. The molecule has 2 unspecified atom stereocenters. The van der Waals surface area contributed by atoms with Crippen LogP contribution in [0.4, 0.5) is 0 Å². The number of hydrogen-bond donors (Lipinski definition) is 2. The van der Waals surface area contributed by atoms with E-state index in [1.165, 1.54) is 70.6 Å². The largest absolute Gasteiger partial charge is 0.353 e. The summed E-state index contributed by atoms with van der Waals surface area (Å²) in [6, 6.07) is 0.00147. The Morgan fingerprint density at radius 1 is 0.860 bits per heavy atom. The van der Waals surface area contributed by atoms with Crippen molar-refractivity contribution in [3.8, 4) is 0 Å². The normalized spacial score (nSPS) is 21.6. The van der Waals surface area contributed by atoms with Crippen LogP contribution in [0.3, 0.4) is 0 Å². The number of carbonyl (C=O) groups is 3. The molecule has 2 saturated heterocycles. The summed E-state index contributed by atoms with van der Waals surface area (Å²) in [6.07, 6.45) is 22.8. The van der Waals surface area contributed by atoms with Gasteiger partial charge in [-0.1, -0.05) is 84.3 Å². The molecule has 43 heavy (non-hydrogen) atoms. The summed E-state index contributed by atoms with van der Waals surface area (Å²) < 4.78 is 11.6. The van der Waals surface area contributed by atoms with Crippen molar-refractivity contribution in [1.82, 2.24) is 15.5 Å². The second-order valence-electron chi connectivity index (χ2n) is 13.8. The Morgan fingerprint density at radius 2 is 1.49 bits per heavy atom. The lowest BCUT2D eigenvalue weighted by atomic mass is 9.85. The molecule has 2 aliphatic heterocycles. The zero-order chi connectivity index (χ0) is 31.6. The number of unbranched alkanes of at least 4 members (excludes halogenated alkanes) is 11. The molecule has 0 aromatic rings. The van der Waals surface area contributed by atoms with E-state index >= 15 is 0 Å². The van der Waals surface area contributed by atoms with Crippen molar-refractivity contribution >= 4 is 17.7 Å². The fourth-order valence-corrected chi connectivity index (χ4v) is 5.84. The average Bonchev–Trinajstić information content (AvgIpc) is 2.96. The molecule has 2 aliphatic rings. The number of amides is 3. The molecule has 8 nitrogen and oxygen atoms in total. The summed E-state index contributed by atoms with van der Waals surface area (Å²) in [5.74, 6) is -0.936. The third-order valence-electron chi connectivity index (χ3n) is 8.58. The highest BCUT2D eigenvalue weighted by molar-refractivity contribution is 5.83. The number of rotatable bonds is 20. The van der Waals surface area contributed by atoms with E-state index in [9.17, 15) is 14.4 Å². The second-order valence-corrected chi connectivity index (χ2v) is 13.8. The zero-order valence-corrected chi connectivity index (χ0v) is 28.1. The van der Waals surface area contributed by atoms with Crippen molar-refractivity contribution in [3.05, 3.63) is 12.2 Å². The minimum Gasteiger partial charge on any atom is -0.353 e. The standard InChI is InChI=1S/C35H63N3O5/c1-6-7-8-9-10-11-12-13-14-15-16-17-18-19-20-23-30(39)37-29-22-21-26-38(27-29)31(40)24-25-36-33(41)32-34(2,3)28-42-35(4,5)43-32/h13-14,29,32H,6-12,15-28H2,1-5H3,(H,36,41)(H,37,39). The molecule has 0 aromatic carbocycles. The molecule has 0 bridgehead atoms. The number of piperidine rings is 1. The van der Waals surface area contributed by atoms with Gasteiger partial charge in [-0.2, -0.15) is 0 Å². The number of ether oxygens (including phenoxy) is 2. The quantitative estimate of drug-likeness (QED) is 0.117. The fourth-order valence-electron chi connectivity index (χ4n) is 5.84. The van der Waals surface area contributed by atoms with E-state index < -0.39 is 17.3 Å². The Labute approximate surface area is 262 Å². The predicted octanol–water partition coefficient (Wildman–Crippen LogP) is 6.82. The van der Waals surface area contributed by atoms with Crippen molar-refractivity contribution < 1.29 is 23.9 Å². The molecule has 0 spiro atoms. The number of nitrogens with one attached hydrogen (secondary N) is 2. The summed E-state index contributed by atoms with van der Waals surface area (Å²) in [7, 11) is 0. The summed E-state index contributed by atoms with van der Waals surface area (Å²) in [6.45, 7) is 11.7. The van der Waals surface area contributed by atoms with Gasteiger partial charge >= 0.3 is 0 Å². The highest BCUT2D eigenvalue weighted by Gasteiger charge is 2.45. The molecular weight excluding hydrogens is 542 g/mol. The molecule has 2 heterocycles. The Bertz CT molecular complexity index is 856. The van der Waals surface area contributed by atoms with Crippen LogP contribution in [0.5, 0.6) is 0 Å². The van der Waals surface area contributed by atoms with E-state index in [2.05, 4.69) is 29.7 Å². The minimum atomic E-state index is -0.815. The molecule has 0 aromatic heterocycles. The third kappa shape index (κ3) is 15.6. The van der Waals surface area contributed by atoms with Gasteiger partial charge in [0.25, 0.3) is 0 Å². The van der Waals surface area contributed by atoms with Gasteiger partial charge in [-0.05, 0) is 58.8 Å². The van der Waals surface area contributed by atoms with Gasteiger partial charge in [0.2, 0.25) is 17.7 Å². The summed E-state index contributed by atoms with van der Waals surface area (Å²) in [5, 5.41) is 6.03. The smallest absolute Gasteiger partial charge is 0.249 e. The number of nitrogens with zero attached hydrogens (tertiary/aromatic N) is 1. The van der Waals surface area contributed by atoms with E-state index in [4.69, 9.17) is 9.47 Å². The molecule has 3 amide bonds. The molecule has 2 rings (SSSR count). The van der Waals surface area contributed by atoms with Crippen LogP contribution in [-0.2, 0) is 23.9 Å². The first-order chi connectivity index (χ1) is 20.5. The monoisotopic (exact) mass is 605 g/mol. The van der Waals surface area contributed by atoms with E-state index in [-0.39, 0.29) is 36.7 Å². The molecule has 8 heteroatoms. The second kappa shape index (κ2) is 20.2. The van der Waals surface area contributed by atoms with Crippen LogP contribution in [0, 0.1) is 5.41 Å². The van der Waals surface area contributed by atoms with E-state index in [0.717, 1.165) is 25.7 Å². The molecule has 2 N–H and O–H groups in total. The SMILES string of the molecule is CCCCCCCCC=CCCCCCCCC(=O)NC1CCCN(C(=O)CCNC(=O)C2OC(C)(C)OCC2(C)C)C1. The van der Waals surface area contributed by atoms with Gasteiger partial charge in [0.15, 0.2) is 5.79 Å². The van der Waals surface area contributed by atoms with Crippen molar-refractivity contribution in [1.29, 1.82) is 0 Å². The van der Waals surface area contributed by atoms with E-state index in [1.54, 1.807) is 13.8 Å². The first-order valence-electron chi connectivity index (χ1n) is 17.4. The molecule has 0 radical (unpaired) electrons. The maximum absolute atomic E-state index is 12.9. The van der Waals surface area contributed by atoms with Crippen molar-refractivity contribution in [2.75, 3.05) is 26.2 Å². The van der Waals surface area contributed by atoms with E-state index in [0.29, 0.717) is 26.1 Å². The summed E-state index contributed by atoms with van der Waals surface area (Å²) >= 11 is 0. The zero-order valence-electron chi connectivity index (χ0n) is 28.1. The Morgan fingerprint density at radius 3 is 2.16 bits per heavy atom. The number of hydrogen-bond acceptors (Lipinski definition) is 5. The van der Waals surface area contributed by atoms with Crippen LogP contribution in [0.15, 0.2) is 12.2 Å². The lowest BCUT2D eigenvalue weighted by Gasteiger charge is -2.44. The molecule has 2 atom stereocenters. The van der Waals surface area contributed by atoms with Gasteiger partial charge in [-0.3, -0.25) is 14.4 Å². The predicted molar refractivity (Wildman–Crippen MR) is 174 cm³/mol. The molecule has 2 fully saturated rings. The van der Waals surface area contributed by atoms with Crippen molar-refractivity contribution in [2.24, 2.45) is 5.41 Å². The van der Waals surface area contributed by atoms with E-state index in [1.807, 2.05) is 18.7 Å². The summed E-state index contributed by atoms with van der Waals surface area (Å²) in [5.41, 5.74) is -0.452. The van der Waals surface area contributed by atoms with Crippen LogP contribution < -0.4 is 10.6 Å². The van der Waals surface area contributed by atoms with Crippen LogP contribution >= 0.6 is 0 Å². The number of allylic oxidation sites excluding steroid dienone is 2. The molecular formula is C35H63N3O5. The lowest BCUT2D eigenvalue weighted by molar-refractivity contribution is -0.304. The first kappa shape index (κ1) is 37.3. The van der Waals surface area contributed by atoms with Crippen LogP contribution in [-0.4, -0.2) is 66.8 Å². The molecule has 248 valence electrons. The van der Waals surface area contributed by atoms with Gasteiger partial charge in [0.1, 0.15) is 6.10 Å².